The van der Waals surface area contributed by atoms with Crippen molar-refractivity contribution in [2.75, 3.05) is 53.1 Å². The van der Waals surface area contributed by atoms with Gasteiger partial charge in [0.1, 0.15) is 5.60 Å². The van der Waals surface area contributed by atoms with Gasteiger partial charge in [-0.1, -0.05) is 12.1 Å². The lowest BCUT2D eigenvalue weighted by molar-refractivity contribution is -0.168. The Balaban J connectivity index is 1.72. The first-order chi connectivity index (χ1) is 12.5. The van der Waals surface area contributed by atoms with E-state index in [1.807, 2.05) is 23.1 Å². The number of hydrogen-bond acceptors (Lipinski definition) is 6. The van der Waals surface area contributed by atoms with Crippen LogP contribution in [0.3, 0.4) is 0 Å². The molecule has 2 heterocycles. The van der Waals surface area contributed by atoms with Gasteiger partial charge in [-0.2, -0.15) is 0 Å². The Morgan fingerprint density at radius 3 is 2.81 bits per heavy atom. The van der Waals surface area contributed by atoms with E-state index in [2.05, 4.69) is 5.32 Å². The summed E-state index contributed by atoms with van der Waals surface area (Å²) in [6.07, 6.45) is 0. The number of morpholine rings is 1. The third-order valence-corrected chi connectivity index (χ3v) is 4.72. The van der Waals surface area contributed by atoms with Crippen molar-refractivity contribution < 1.29 is 23.7 Å². The van der Waals surface area contributed by atoms with Crippen LogP contribution >= 0.6 is 0 Å². The summed E-state index contributed by atoms with van der Waals surface area (Å²) in [6.45, 7) is 7.68. The highest BCUT2D eigenvalue weighted by molar-refractivity contribution is 5.85. The molecule has 0 aromatic heterocycles. The molecule has 0 radical (unpaired) electrons. The molecule has 0 aliphatic carbocycles. The van der Waals surface area contributed by atoms with Crippen molar-refractivity contribution in [2.24, 2.45) is 0 Å². The van der Waals surface area contributed by atoms with Gasteiger partial charge < -0.3 is 29.2 Å². The third-order valence-electron chi connectivity index (χ3n) is 4.72. The molecule has 1 N–H and O–H groups in total. The third kappa shape index (κ3) is 4.11. The summed E-state index contributed by atoms with van der Waals surface area (Å²) in [4.78, 5) is 15.0. The molecule has 2 saturated heterocycles. The van der Waals surface area contributed by atoms with E-state index in [0.29, 0.717) is 51.0 Å². The van der Waals surface area contributed by atoms with Crippen LogP contribution in [0.15, 0.2) is 24.3 Å². The Labute approximate surface area is 154 Å². The van der Waals surface area contributed by atoms with Crippen LogP contribution in [-0.2, 0) is 14.3 Å². The molecular formula is C19H28N2O5. The maximum absolute atomic E-state index is 13.2. The zero-order chi connectivity index (χ0) is 18.6. The Kier molecular flexibility index (Phi) is 5.70. The predicted octanol–water partition coefficient (Wildman–Crippen LogP) is 1.07. The van der Waals surface area contributed by atoms with Crippen molar-refractivity contribution in [1.29, 1.82) is 0 Å². The molecule has 7 nitrogen and oxygen atoms in total. The maximum Gasteiger partial charge on any atom is 0.266 e. The molecular weight excluding hydrogens is 336 g/mol. The second-order valence-corrected chi connectivity index (χ2v) is 7.25. The van der Waals surface area contributed by atoms with Crippen LogP contribution in [0.4, 0.5) is 0 Å². The normalized spacial score (nSPS) is 24.2. The van der Waals surface area contributed by atoms with E-state index in [9.17, 15) is 4.79 Å². The Hall–Kier alpha value is -1.83. The quantitative estimate of drug-likeness (QED) is 0.862. The largest absolute Gasteiger partial charge is 0.493 e. The standard InChI is InChI=1S/C19H28N2O5/c1-18(2,26-16-7-5-4-6-15(16)23-3)17(22)21-9-11-25-19(13-21)12-20-8-10-24-14-19/h4-7,20H,8-14H2,1-3H3/t19-/m0/s1. The van der Waals surface area contributed by atoms with Crippen molar-refractivity contribution in [3.8, 4) is 11.5 Å². The number of para-hydroxylation sites is 2. The topological polar surface area (TPSA) is 69.3 Å². The molecule has 2 aliphatic heterocycles. The summed E-state index contributed by atoms with van der Waals surface area (Å²) < 4.78 is 23.0. The Morgan fingerprint density at radius 1 is 1.27 bits per heavy atom. The second-order valence-electron chi connectivity index (χ2n) is 7.25. The number of carbonyl (C=O) groups excluding carboxylic acids is 1. The molecule has 144 valence electrons. The summed E-state index contributed by atoms with van der Waals surface area (Å²) in [5, 5.41) is 3.33. The SMILES string of the molecule is COc1ccccc1OC(C)(C)C(=O)N1CCO[C@@]2(CNCCOC2)C1. The summed E-state index contributed by atoms with van der Waals surface area (Å²) in [5.41, 5.74) is -1.52. The molecule has 3 rings (SSSR count). The predicted molar refractivity (Wildman–Crippen MR) is 96.7 cm³/mol. The van der Waals surface area contributed by atoms with Crippen LogP contribution in [0.5, 0.6) is 11.5 Å². The Bertz CT molecular complexity index is 626. The first-order valence-corrected chi connectivity index (χ1v) is 9.00. The fourth-order valence-corrected chi connectivity index (χ4v) is 3.38. The van der Waals surface area contributed by atoms with Crippen LogP contribution < -0.4 is 14.8 Å². The lowest BCUT2D eigenvalue weighted by atomic mass is 10.00. The van der Waals surface area contributed by atoms with Crippen molar-refractivity contribution >= 4 is 5.91 Å². The molecule has 1 spiro atoms. The molecule has 1 aromatic carbocycles. The summed E-state index contributed by atoms with van der Waals surface area (Å²) in [6, 6.07) is 7.34. The highest BCUT2D eigenvalue weighted by atomic mass is 16.6. The van der Waals surface area contributed by atoms with Gasteiger partial charge >= 0.3 is 0 Å². The highest BCUT2D eigenvalue weighted by Gasteiger charge is 2.43. The van der Waals surface area contributed by atoms with Crippen LogP contribution in [0, 0.1) is 0 Å². The van der Waals surface area contributed by atoms with Crippen LogP contribution in [0.2, 0.25) is 0 Å². The molecule has 1 amide bonds. The first-order valence-electron chi connectivity index (χ1n) is 9.00. The molecule has 2 fully saturated rings. The molecule has 1 atom stereocenters. The zero-order valence-corrected chi connectivity index (χ0v) is 15.7. The van der Waals surface area contributed by atoms with Crippen molar-refractivity contribution in [1.82, 2.24) is 10.2 Å². The fraction of sp³-hybridized carbons (Fsp3) is 0.632. The number of ether oxygens (including phenoxy) is 4. The van der Waals surface area contributed by atoms with E-state index in [0.717, 1.165) is 6.54 Å². The molecule has 0 unspecified atom stereocenters. The Morgan fingerprint density at radius 2 is 2.04 bits per heavy atom. The van der Waals surface area contributed by atoms with Gasteiger partial charge in [-0.25, -0.2) is 0 Å². The highest BCUT2D eigenvalue weighted by Crippen LogP contribution is 2.31. The average Bonchev–Trinajstić information content (AvgIpc) is 2.86. The van der Waals surface area contributed by atoms with Gasteiger partial charge in [-0.3, -0.25) is 4.79 Å². The van der Waals surface area contributed by atoms with Gasteiger partial charge in [-0.05, 0) is 26.0 Å². The van der Waals surface area contributed by atoms with Crippen molar-refractivity contribution in [3.05, 3.63) is 24.3 Å². The lowest BCUT2D eigenvalue weighted by Crippen LogP contribution is -2.62. The van der Waals surface area contributed by atoms with E-state index in [4.69, 9.17) is 18.9 Å². The molecule has 1 aromatic rings. The van der Waals surface area contributed by atoms with E-state index in [1.165, 1.54) is 0 Å². The van der Waals surface area contributed by atoms with Crippen LogP contribution in [0.25, 0.3) is 0 Å². The van der Waals surface area contributed by atoms with E-state index in [-0.39, 0.29) is 5.91 Å². The van der Waals surface area contributed by atoms with Crippen molar-refractivity contribution in [3.63, 3.8) is 0 Å². The van der Waals surface area contributed by atoms with Gasteiger partial charge in [0.25, 0.3) is 5.91 Å². The zero-order valence-electron chi connectivity index (χ0n) is 15.7. The van der Waals surface area contributed by atoms with Crippen LogP contribution in [-0.4, -0.2) is 75.1 Å². The van der Waals surface area contributed by atoms with Gasteiger partial charge in [0.2, 0.25) is 0 Å². The summed E-state index contributed by atoms with van der Waals surface area (Å²) >= 11 is 0. The summed E-state index contributed by atoms with van der Waals surface area (Å²) in [7, 11) is 1.59. The summed E-state index contributed by atoms with van der Waals surface area (Å²) in [5.74, 6) is 1.08. The number of hydrogen-bond donors (Lipinski definition) is 1. The number of amides is 1. The maximum atomic E-state index is 13.2. The minimum atomic E-state index is -1.02. The second kappa shape index (κ2) is 7.82. The van der Waals surface area contributed by atoms with Gasteiger partial charge in [0.05, 0.1) is 33.5 Å². The number of nitrogens with one attached hydrogen (secondary N) is 1. The average molecular weight is 364 g/mol. The molecule has 26 heavy (non-hydrogen) atoms. The molecule has 2 aliphatic rings. The smallest absolute Gasteiger partial charge is 0.266 e. The lowest BCUT2D eigenvalue weighted by Gasteiger charge is -2.43. The van der Waals surface area contributed by atoms with Gasteiger partial charge in [-0.15, -0.1) is 0 Å². The minimum Gasteiger partial charge on any atom is -0.493 e. The van der Waals surface area contributed by atoms with Gasteiger partial charge in [0.15, 0.2) is 17.1 Å². The van der Waals surface area contributed by atoms with E-state index in [1.54, 1.807) is 27.0 Å². The molecule has 0 saturated carbocycles. The monoisotopic (exact) mass is 364 g/mol. The van der Waals surface area contributed by atoms with Crippen LogP contribution in [0.1, 0.15) is 13.8 Å². The number of nitrogens with zero attached hydrogens (tertiary/aromatic N) is 1. The fourth-order valence-electron chi connectivity index (χ4n) is 3.38. The van der Waals surface area contributed by atoms with Crippen molar-refractivity contribution in [2.45, 2.75) is 25.0 Å². The number of rotatable bonds is 4. The van der Waals surface area contributed by atoms with E-state index >= 15 is 0 Å². The molecule has 7 heteroatoms. The molecule has 0 bridgehead atoms. The first kappa shape index (κ1) is 18.9. The number of carbonyl (C=O) groups is 1. The van der Waals surface area contributed by atoms with Gasteiger partial charge in [0, 0.05) is 19.6 Å². The van der Waals surface area contributed by atoms with E-state index < -0.39 is 11.2 Å². The number of methoxy groups -OCH3 is 1. The number of benzene rings is 1. The minimum absolute atomic E-state index is 0.0738.